The van der Waals surface area contributed by atoms with Crippen molar-refractivity contribution >= 4 is 23.1 Å². The van der Waals surface area contributed by atoms with Gasteiger partial charge in [-0.1, -0.05) is 76.2 Å². The van der Waals surface area contributed by atoms with E-state index in [0.29, 0.717) is 0 Å². The lowest BCUT2D eigenvalue weighted by molar-refractivity contribution is -0.179. The van der Waals surface area contributed by atoms with E-state index in [1.165, 1.54) is 0 Å². The predicted octanol–water partition coefficient (Wildman–Crippen LogP) is 4.82. The number of carbonyl (C=O) groups excluding carboxylic acids is 4. The number of hydrogen-bond acceptors (Lipinski definition) is 4. The minimum Gasteiger partial charge on any atom is -0.298 e. The Balaban J connectivity index is 3.59. The first-order chi connectivity index (χ1) is 11.7. The highest BCUT2D eigenvalue weighted by atomic mass is 16.2. The molecule has 0 N–H and O–H groups in total. The molecule has 4 nitrogen and oxygen atoms in total. The number of hydrogen-bond donors (Lipinski definition) is 0. The molecule has 0 spiro atoms. The van der Waals surface area contributed by atoms with E-state index in [0.717, 1.165) is 0 Å². The van der Waals surface area contributed by atoms with Crippen molar-refractivity contribution in [3.05, 3.63) is 0 Å². The molecule has 0 aromatic carbocycles. The zero-order valence-corrected chi connectivity index (χ0v) is 19.1. The molecular weight excluding hydrogens is 340 g/mol. The van der Waals surface area contributed by atoms with Gasteiger partial charge in [0, 0.05) is 22.2 Å². The summed E-state index contributed by atoms with van der Waals surface area (Å²) in [5, 5.41) is 0. The van der Waals surface area contributed by atoms with Gasteiger partial charge >= 0.3 is 0 Å². The van der Waals surface area contributed by atoms with E-state index in [1.54, 1.807) is 76.2 Å². The highest BCUT2D eigenvalue weighted by molar-refractivity contribution is 6.19. The summed E-state index contributed by atoms with van der Waals surface area (Å²) in [5.41, 5.74) is -4.67. The van der Waals surface area contributed by atoms with E-state index >= 15 is 0 Å². The van der Waals surface area contributed by atoms with Gasteiger partial charge in [-0.15, -0.1) is 0 Å². The van der Waals surface area contributed by atoms with Crippen LogP contribution < -0.4 is 0 Å². The smallest absolute Gasteiger partial charge is 0.151 e. The van der Waals surface area contributed by atoms with E-state index in [9.17, 15) is 19.2 Å². The van der Waals surface area contributed by atoms with Crippen molar-refractivity contribution in [2.45, 2.75) is 89.0 Å². The second kappa shape index (κ2) is 6.63. The number of rotatable bonds is 5. The van der Waals surface area contributed by atoms with Crippen molar-refractivity contribution in [3.63, 3.8) is 0 Å². The van der Waals surface area contributed by atoms with Gasteiger partial charge in [-0.3, -0.25) is 19.2 Å². The van der Waals surface area contributed by atoms with Crippen LogP contribution >= 0.6 is 0 Å². The highest BCUT2D eigenvalue weighted by Crippen LogP contribution is 2.62. The van der Waals surface area contributed by atoms with Crippen LogP contribution in [-0.4, -0.2) is 23.1 Å². The van der Waals surface area contributed by atoms with Crippen molar-refractivity contribution in [1.82, 2.24) is 0 Å². The average molecular weight is 379 g/mol. The Morgan fingerprint density at radius 2 is 0.852 bits per heavy atom. The Labute approximate surface area is 164 Å². The maximum Gasteiger partial charge on any atom is 0.151 e. The fraction of sp³-hybridized carbons (Fsp3) is 0.826. The van der Waals surface area contributed by atoms with Crippen LogP contribution in [0.15, 0.2) is 0 Å². The van der Waals surface area contributed by atoms with Crippen LogP contribution in [0.3, 0.4) is 0 Å². The number of Topliss-reactive ketones (excluding diaryl/α,β-unsaturated/α-hetero) is 4. The first-order valence-electron chi connectivity index (χ1n) is 9.92. The van der Waals surface area contributed by atoms with Crippen LogP contribution in [0.4, 0.5) is 0 Å². The van der Waals surface area contributed by atoms with Crippen LogP contribution in [0.2, 0.25) is 0 Å². The Hall–Kier alpha value is -1.32. The summed E-state index contributed by atoms with van der Waals surface area (Å²) in [6, 6.07) is 0. The quantitative estimate of drug-likeness (QED) is 0.643. The van der Waals surface area contributed by atoms with Crippen LogP contribution in [0.1, 0.15) is 89.0 Å². The van der Waals surface area contributed by atoms with E-state index in [-0.39, 0.29) is 41.9 Å². The molecule has 1 saturated carbocycles. The third-order valence-corrected chi connectivity index (χ3v) is 5.55. The monoisotopic (exact) mass is 378 g/mol. The molecule has 0 saturated heterocycles. The maximum absolute atomic E-state index is 13.4. The topological polar surface area (TPSA) is 68.3 Å². The molecule has 0 aromatic heterocycles. The van der Waals surface area contributed by atoms with Gasteiger partial charge in [-0.05, 0) is 12.8 Å². The average Bonchev–Trinajstić information content (AvgIpc) is 2.42. The lowest BCUT2D eigenvalue weighted by Crippen LogP contribution is -2.67. The summed E-state index contributed by atoms with van der Waals surface area (Å²) >= 11 is 0. The van der Waals surface area contributed by atoms with E-state index in [4.69, 9.17) is 0 Å². The van der Waals surface area contributed by atoms with Crippen LogP contribution in [0.5, 0.6) is 0 Å². The molecule has 0 aliphatic heterocycles. The molecule has 27 heavy (non-hydrogen) atoms. The first-order valence-corrected chi connectivity index (χ1v) is 9.92. The minimum absolute atomic E-state index is 0.0132. The van der Waals surface area contributed by atoms with Crippen molar-refractivity contribution in [1.29, 1.82) is 0 Å². The van der Waals surface area contributed by atoms with Gasteiger partial charge in [0.05, 0.1) is 10.8 Å². The fourth-order valence-electron chi connectivity index (χ4n) is 4.56. The van der Waals surface area contributed by atoms with Gasteiger partial charge in [0.1, 0.15) is 5.78 Å². The normalized spacial score (nSPS) is 19.4. The van der Waals surface area contributed by atoms with Crippen molar-refractivity contribution in [3.8, 4) is 0 Å². The Morgan fingerprint density at radius 3 is 1.07 bits per heavy atom. The van der Waals surface area contributed by atoms with E-state index in [2.05, 4.69) is 0 Å². The maximum atomic E-state index is 13.4. The lowest BCUT2D eigenvalue weighted by atomic mass is 9.41. The third kappa shape index (κ3) is 3.95. The Morgan fingerprint density at radius 1 is 0.593 bits per heavy atom. The molecule has 0 radical (unpaired) electrons. The molecule has 0 bridgehead atoms. The van der Waals surface area contributed by atoms with Crippen molar-refractivity contribution in [2.24, 2.45) is 33.0 Å². The molecule has 4 heteroatoms. The van der Waals surface area contributed by atoms with Gasteiger partial charge in [0.15, 0.2) is 17.3 Å². The summed E-state index contributed by atoms with van der Waals surface area (Å²) < 4.78 is 0. The highest BCUT2D eigenvalue weighted by Gasteiger charge is 2.71. The van der Waals surface area contributed by atoms with Gasteiger partial charge in [0.2, 0.25) is 0 Å². The fourth-order valence-corrected chi connectivity index (χ4v) is 4.56. The molecule has 0 heterocycles. The SMILES string of the molecule is CC(C)C(=O)C1(C(=O)C(C)(C)C)CC(C(=O)C(C)(C)C)(C(=O)C(C)(C)C)C1. The van der Waals surface area contributed by atoms with Crippen molar-refractivity contribution in [2.75, 3.05) is 0 Å². The molecule has 0 unspecified atom stereocenters. The van der Waals surface area contributed by atoms with E-state index < -0.39 is 27.1 Å². The van der Waals surface area contributed by atoms with Gasteiger partial charge < -0.3 is 0 Å². The summed E-state index contributed by atoms with van der Waals surface area (Å²) in [6.07, 6.45) is 0.0264. The second-order valence-corrected chi connectivity index (χ2v) is 11.8. The zero-order chi connectivity index (χ0) is 21.8. The number of ketones is 4. The van der Waals surface area contributed by atoms with Gasteiger partial charge in [-0.2, -0.15) is 0 Å². The summed E-state index contributed by atoms with van der Waals surface area (Å²) in [6.45, 7) is 19.7. The molecule has 1 aliphatic carbocycles. The third-order valence-electron chi connectivity index (χ3n) is 5.55. The van der Waals surface area contributed by atoms with E-state index in [1.807, 2.05) is 0 Å². The molecular formula is C23H38O4. The minimum atomic E-state index is -1.26. The second-order valence-electron chi connectivity index (χ2n) is 11.8. The number of carbonyl (C=O) groups is 4. The summed E-state index contributed by atoms with van der Waals surface area (Å²) in [5.74, 6) is -0.967. The Kier molecular flexibility index (Phi) is 5.83. The molecule has 0 amide bonds. The van der Waals surface area contributed by atoms with Gasteiger partial charge in [-0.25, -0.2) is 0 Å². The van der Waals surface area contributed by atoms with Crippen LogP contribution in [0.25, 0.3) is 0 Å². The summed E-state index contributed by atoms with van der Waals surface area (Å²) in [4.78, 5) is 53.2. The molecule has 154 valence electrons. The summed E-state index contributed by atoms with van der Waals surface area (Å²) in [7, 11) is 0. The molecule has 1 rings (SSSR count). The van der Waals surface area contributed by atoms with Crippen LogP contribution in [-0.2, 0) is 19.2 Å². The standard InChI is InChI=1S/C23H38O4/c1-14(2)15(24)22(16(25)19(3,4)5)12-23(13-22,17(26)20(6,7)8)18(27)21(9,10)11/h14H,12-13H2,1-11H3. The molecule has 1 aliphatic rings. The largest absolute Gasteiger partial charge is 0.298 e. The lowest BCUT2D eigenvalue weighted by Gasteiger charge is -2.57. The first kappa shape index (κ1) is 23.7. The van der Waals surface area contributed by atoms with Gasteiger partial charge in [0.25, 0.3) is 0 Å². The predicted molar refractivity (Wildman–Crippen MR) is 107 cm³/mol. The molecule has 1 fully saturated rings. The zero-order valence-electron chi connectivity index (χ0n) is 19.1. The van der Waals surface area contributed by atoms with Crippen LogP contribution in [0, 0.1) is 33.0 Å². The van der Waals surface area contributed by atoms with Crippen molar-refractivity contribution < 1.29 is 19.2 Å². The Bertz CT molecular complexity index is 626. The molecule has 0 aromatic rings. The molecule has 0 atom stereocenters.